The van der Waals surface area contributed by atoms with Crippen LogP contribution in [0, 0.1) is 18.3 Å². The minimum atomic E-state index is -4.19. The molecule has 11 heteroatoms. The zero-order chi connectivity index (χ0) is 26.3. The van der Waals surface area contributed by atoms with Crippen molar-refractivity contribution in [2.75, 3.05) is 17.5 Å². The first-order chi connectivity index (χ1) is 17.1. The summed E-state index contributed by atoms with van der Waals surface area (Å²) in [5.41, 5.74) is 1.65. The third kappa shape index (κ3) is 6.53. The third-order valence-corrected chi connectivity index (χ3v) is 7.30. The van der Waals surface area contributed by atoms with Crippen molar-refractivity contribution >= 4 is 39.2 Å². The van der Waals surface area contributed by atoms with Crippen LogP contribution < -0.4 is 14.4 Å². The molecule has 0 aliphatic carbocycles. The molecule has 1 amide bonds. The summed E-state index contributed by atoms with van der Waals surface area (Å²) >= 11 is 6.22. The van der Waals surface area contributed by atoms with E-state index in [9.17, 15) is 18.0 Å². The number of carboxylic acid groups (broad SMARTS) is 1. The van der Waals surface area contributed by atoms with E-state index < -0.39 is 35.1 Å². The highest BCUT2D eigenvalue weighted by Gasteiger charge is 2.28. The first-order valence-electron chi connectivity index (χ1n) is 10.6. The van der Waals surface area contributed by atoms with Gasteiger partial charge in [-0.15, -0.1) is 0 Å². The zero-order valence-corrected chi connectivity index (χ0v) is 20.7. The average Bonchev–Trinajstić information content (AvgIpc) is 2.87. The number of carbonyl (C=O) groups is 2. The molecule has 0 spiro atoms. The van der Waals surface area contributed by atoms with Crippen LogP contribution in [0.2, 0.25) is 5.02 Å². The van der Waals surface area contributed by atoms with Crippen molar-refractivity contribution in [2.24, 2.45) is 0 Å². The molecule has 0 aliphatic rings. The van der Waals surface area contributed by atoms with E-state index in [-0.39, 0.29) is 17.1 Å². The number of aliphatic carboxylic acids is 1. The van der Waals surface area contributed by atoms with Gasteiger partial charge in [0, 0.05) is 11.6 Å². The predicted octanol–water partition coefficient (Wildman–Crippen LogP) is 3.50. The number of nitriles is 1. The number of hydrogen-bond donors (Lipinski definition) is 2. The molecule has 2 N–H and O–H groups in total. The van der Waals surface area contributed by atoms with Crippen molar-refractivity contribution in [1.29, 1.82) is 5.26 Å². The Hall–Kier alpha value is -4.07. The smallest absolute Gasteiger partial charge is 0.341 e. The molecule has 0 aliphatic heterocycles. The average molecular weight is 528 g/mol. The maximum absolute atomic E-state index is 13.5. The predicted molar refractivity (Wildman–Crippen MR) is 133 cm³/mol. The molecule has 3 rings (SSSR count). The molecule has 0 unspecified atom stereocenters. The molecule has 9 nitrogen and oxygen atoms in total. The van der Waals surface area contributed by atoms with Crippen LogP contribution in [0.5, 0.6) is 5.75 Å². The number of rotatable bonds is 10. The van der Waals surface area contributed by atoms with Gasteiger partial charge in [-0.25, -0.2) is 13.2 Å². The molecule has 0 fully saturated rings. The van der Waals surface area contributed by atoms with E-state index >= 15 is 0 Å². The zero-order valence-electron chi connectivity index (χ0n) is 19.1. The van der Waals surface area contributed by atoms with Gasteiger partial charge in [-0.05, 0) is 66.6 Å². The van der Waals surface area contributed by atoms with Gasteiger partial charge in [0.2, 0.25) is 5.91 Å². The minimum absolute atomic E-state index is 0.0579. The van der Waals surface area contributed by atoms with Crippen molar-refractivity contribution in [3.8, 4) is 11.8 Å². The highest BCUT2D eigenvalue weighted by atomic mass is 35.5. The van der Waals surface area contributed by atoms with Crippen LogP contribution in [0.15, 0.2) is 71.6 Å². The van der Waals surface area contributed by atoms with E-state index in [1.165, 1.54) is 24.3 Å². The molecule has 0 heterocycles. The molecule has 0 atom stereocenters. The summed E-state index contributed by atoms with van der Waals surface area (Å²) in [6, 6.07) is 18.6. The summed E-state index contributed by atoms with van der Waals surface area (Å²) in [6.45, 7) is 0.678. The number of nitrogens with zero attached hydrogens (tertiary/aromatic N) is 2. The van der Waals surface area contributed by atoms with Gasteiger partial charge in [-0.2, -0.15) is 5.26 Å². The summed E-state index contributed by atoms with van der Waals surface area (Å²) in [4.78, 5) is 23.5. The lowest BCUT2D eigenvalue weighted by atomic mass is 10.2. The second-order valence-electron chi connectivity index (χ2n) is 7.64. The second-order valence-corrected chi connectivity index (χ2v) is 9.91. The second kappa shape index (κ2) is 11.6. The molecule has 186 valence electrons. The Bertz CT molecular complexity index is 1420. The van der Waals surface area contributed by atoms with E-state index in [4.69, 9.17) is 26.7 Å². The Morgan fingerprint density at radius 3 is 2.47 bits per heavy atom. The standard InChI is InChI=1S/C25H22ClN3O6S/c1-17-22(26)6-3-7-23(17)29(36(33,34)21-10-8-18(13-27)9-11-21)15-24(30)28-14-19-4-2-5-20(12-19)35-16-25(31)32/h2-12H,14-16H2,1H3,(H,28,30)(H,31,32). The van der Waals surface area contributed by atoms with E-state index in [1.54, 1.807) is 49.4 Å². The van der Waals surface area contributed by atoms with Gasteiger partial charge in [-0.1, -0.05) is 29.8 Å². The highest BCUT2D eigenvalue weighted by Crippen LogP contribution is 2.31. The molecular formula is C25H22ClN3O6S. The fourth-order valence-electron chi connectivity index (χ4n) is 3.27. The molecule has 0 aromatic heterocycles. The summed E-state index contributed by atoms with van der Waals surface area (Å²) in [7, 11) is -4.19. The van der Waals surface area contributed by atoms with Crippen LogP contribution in [-0.4, -0.2) is 38.6 Å². The molecule has 3 aromatic carbocycles. The van der Waals surface area contributed by atoms with Crippen molar-refractivity contribution in [2.45, 2.75) is 18.4 Å². The topological polar surface area (TPSA) is 137 Å². The van der Waals surface area contributed by atoms with E-state index in [0.29, 0.717) is 27.5 Å². The lowest BCUT2D eigenvalue weighted by molar-refractivity contribution is -0.139. The quantitative estimate of drug-likeness (QED) is 0.411. The molecular weight excluding hydrogens is 506 g/mol. The van der Waals surface area contributed by atoms with Crippen LogP contribution in [-0.2, 0) is 26.2 Å². The number of hydrogen-bond acceptors (Lipinski definition) is 6. The number of amides is 1. The molecule has 36 heavy (non-hydrogen) atoms. The normalized spacial score (nSPS) is 10.8. The van der Waals surface area contributed by atoms with Crippen molar-refractivity contribution in [3.05, 3.63) is 88.4 Å². The van der Waals surface area contributed by atoms with Crippen molar-refractivity contribution in [1.82, 2.24) is 5.32 Å². The molecule has 0 bridgehead atoms. The first kappa shape index (κ1) is 26.5. The van der Waals surface area contributed by atoms with Crippen LogP contribution >= 0.6 is 11.6 Å². The summed E-state index contributed by atoms with van der Waals surface area (Å²) in [5, 5.41) is 20.8. The maximum Gasteiger partial charge on any atom is 0.341 e. The van der Waals surface area contributed by atoms with Crippen molar-refractivity contribution in [3.63, 3.8) is 0 Å². The number of halogens is 1. The van der Waals surface area contributed by atoms with E-state index in [0.717, 1.165) is 4.31 Å². The fourth-order valence-corrected chi connectivity index (χ4v) is 4.92. The monoisotopic (exact) mass is 527 g/mol. The molecule has 0 radical (unpaired) electrons. The minimum Gasteiger partial charge on any atom is -0.482 e. The first-order valence-corrected chi connectivity index (χ1v) is 12.4. The van der Waals surface area contributed by atoms with Gasteiger partial charge < -0.3 is 15.2 Å². The Morgan fingerprint density at radius 1 is 1.11 bits per heavy atom. The van der Waals surface area contributed by atoms with Gasteiger partial charge in [0.15, 0.2) is 6.61 Å². The fraction of sp³-hybridized carbons (Fsp3) is 0.160. The molecule has 0 saturated heterocycles. The van der Waals surface area contributed by atoms with Crippen LogP contribution in [0.1, 0.15) is 16.7 Å². The largest absolute Gasteiger partial charge is 0.482 e. The number of benzene rings is 3. The molecule has 3 aromatic rings. The Balaban J connectivity index is 1.84. The van der Waals surface area contributed by atoms with Crippen LogP contribution in [0.25, 0.3) is 0 Å². The molecule has 0 saturated carbocycles. The number of carbonyl (C=O) groups excluding carboxylic acids is 1. The number of sulfonamides is 1. The number of nitrogens with one attached hydrogen (secondary N) is 1. The third-order valence-electron chi connectivity index (χ3n) is 5.12. The number of carboxylic acids is 1. The van der Waals surface area contributed by atoms with Gasteiger partial charge in [0.1, 0.15) is 12.3 Å². The Labute approximate surface area is 213 Å². The van der Waals surface area contributed by atoms with Crippen LogP contribution in [0.3, 0.4) is 0 Å². The number of anilines is 1. The van der Waals surface area contributed by atoms with Gasteiger partial charge >= 0.3 is 5.97 Å². The summed E-state index contributed by atoms with van der Waals surface area (Å²) in [5.74, 6) is -1.37. The van der Waals surface area contributed by atoms with Gasteiger partial charge in [0.05, 0.1) is 22.2 Å². The summed E-state index contributed by atoms with van der Waals surface area (Å²) in [6.07, 6.45) is 0. The highest BCUT2D eigenvalue weighted by molar-refractivity contribution is 7.92. The number of ether oxygens (including phenoxy) is 1. The van der Waals surface area contributed by atoms with Crippen molar-refractivity contribution < 1.29 is 27.9 Å². The van der Waals surface area contributed by atoms with Gasteiger partial charge in [0.25, 0.3) is 10.0 Å². The Morgan fingerprint density at radius 2 is 1.81 bits per heavy atom. The van der Waals surface area contributed by atoms with E-state index in [2.05, 4.69) is 5.32 Å². The summed E-state index contributed by atoms with van der Waals surface area (Å²) < 4.78 is 33.2. The lowest BCUT2D eigenvalue weighted by Crippen LogP contribution is -2.41. The lowest BCUT2D eigenvalue weighted by Gasteiger charge is -2.26. The SMILES string of the molecule is Cc1c(Cl)cccc1N(CC(=O)NCc1cccc(OCC(=O)O)c1)S(=O)(=O)c1ccc(C#N)cc1. The maximum atomic E-state index is 13.5. The Kier molecular flexibility index (Phi) is 8.53. The van der Waals surface area contributed by atoms with E-state index in [1.807, 2.05) is 6.07 Å². The van der Waals surface area contributed by atoms with Crippen LogP contribution in [0.4, 0.5) is 5.69 Å². The van der Waals surface area contributed by atoms with Gasteiger partial charge in [-0.3, -0.25) is 9.10 Å².